The number of ether oxygens (including phenoxy) is 1. The molecule has 0 radical (unpaired) electrons. The molecule has 1 aromatic heterocycles. The predicted molar refractivity (Wildman–Crippen MR) is 122 cm³/mol. The summed E-state index contributed by atoms with van der Waals surface area (Å²) in [5.41, 5.74) is 1.31. The lowest BCUT2D eigenvalue weighted by atomic mass is 10.1. The molecule has 29 heavy (non-hydrogen) atoms. The third kappa shape index (κ3) is 5.36. The molecule has 0 spiro atoms. The average molecular weight is 527 g/mol. The van der Waals surface area contributed by atoms with Crippen molar-refractivity contribution >= 4 is 63.0 Å². The molecule has 3 rings (SSSR count). The maximum absolute atomic E-state index is 12.5. The summed E-state index contributed by atoms with van der Waals surface area (Å²) in [6.07, 6.45) is 0. The van der Waals surface area contributed by atoms with E-state index in [0.29, 0.717) is 37.8 Å². The number of aryl methyl sites for hydroxylation is 1. The van der Waals surface area contributed by atoms with E-state index < -0.39 is 10.8 Å². The number of anilines is 2. The van der Waals surface area contributed by atoms with Gasteiger partial charge in [-0.2, -0.15) is 0 Å². The Morgan fingerprint density at radius 3 is 2.69 bits per heavy atom. The quantitative estimate of drug-likeness (QED) is 0.271. The van der Waals surface area contributed by atoms with Crippen LogP contribution in [0.5, 0.6) is 0 Å². The lowest BCUT2D eigenvalue weighted by molar-refractivity contribution is -0.384. The number of morpholine rings is 1. The fraction of sp³-hybridized carbons (Fsp3) is 0.278. The number of thiocarbonyl (C=S) groups is 1. The highest BCUT2D eigenvalue weighted by Gasteiger charge is 2.23. The fourth-order valence-electron chi connectivity index (χ4n) is 2.82. The third-order valence-electron chi connectivity index (χ3n) is 4.28. The van der Waals surface area contributed by atoms with Gasteiger partial charge in [0, 0.05) is 28.3 Å². The maximum Gasteiger partial charge on any atom is 0.293 e. The highest BCUT2D eigenvalue weighted by Crippen LogP contribution is 2.30. The summed E-state index contributed by atoms with van der Waals surface area (Å²) < 4.78 is 6.30. The van der Waals surface area contributed by atoms with Crippen LogP contribution in [0.2, 0.25) is 0 Å². The molecule has 0 unspecified atom stereocenters. The lowest BCUT2D eigenvalue weighted by Gasteiger charge is -2.28. The third-order valence-corrected chi connectivity index (χ3v) is 5.62. The first kappa shape index (κ1) is 21.3. The van der Waals surface area contributed by atoms with Gasteiger partial charge in [0.2, 0.25) is 0 Å². The molecule has 0 aliphatic carbocycles. The van der Waals surface area contributed by atoms with Gasteiger partial charge in [0.15, 0.2) is 5.11 Å². The standard InChI is InChI=1S/C18H18IN5O4S/c1-11-13(19)3-5-16(20-11)21-18(29)22-17(25)12-2-4-14(15(10-12)24(26)27)23-6-8-28-9-7-23/h2-5,10H,6-9H2,1H3,(H2,20,21,22,25,29). The number of benzene rings is 1. The van der Waals surface area contributed by atoms with E-state index >= 15 is 0 Å². The molecule has 1 aliphatic heterocycles. The number of hydrogen-bond donors (Lipinski definition) is 2. The fourth-order valence-corrected chi connectivity index (χ4v) is 3.32. The number of carbonyl (C=O) groups is 1. The second kappa shape index (κ2) is 9.41. The summed E-state index contributed by atoms with van der Waals surface area (Å²) in [7, 11) is 0. The first-order chi connectivity index (χ1) is 13.8. The van der Waals surface area contributed by atoms with Crippen molar-refractivity contribution in [2.45, 2.75) is 6.92 Å². The molecule has 2 N–H and O–H groups in total. The largest absolute Gasteiger partial charge is 0.378 e. The molecule has 1 aromatic carbocycles. The van der Waals surface area contributed by atoms with E-state index in [0.717, 1.165) is 9.26 Å². The summed E-state index contributed by atoms with van der Waals surface area (Å²) >= 11 is 7.33. The minimum Gasteiger partial charge on any atom is -0.378 e. The number of halogens is 1. The summed E-state index contributed by atoms with van der Waals surface area (Å²) in [4.78, 5) is 29.8. The Bertz CT molecular complexity index is 965. The maximum atomic E-state index is 12.5. The molecule has 2 aromatic rings. The van der Waals surface area contributed by atoms with Gasteiger partial charge in [-0.15, -0.1) is 0 Å². The Labute approximate surface area is 186 Å². The molecule has 2 heterocycles. The number of pyridine rings is 1. The molecular formula is C18H18IN5O4S. The van der Waals surface area contributed by atoms with Crippen molar-refractivity contribution in [3.05, 3.63) is 55.3 Å². The molecular weight excluding hydrogens is 509 g/mol. The van der Waals surface area contributed by atoms with Crippen molar-refractivity contribution in [3.8, 4) is 0 Å². The van der Waals surface area contributed by atoms with Crippen molar-refractivity contribution in [1.82, 2.24) is 10.3 Å². The van der Waals surface area contributed by atoms with Crippen LogP contribution in [-0.4, -0.2) is 47.2 Å². The molecule has 0 saturated carbocycles. The Balaban J connectivity index is 1.72. The summed E-state index contributed by atoms with van der Waals surface area (Å²) in [6, 6.07) is 8.01. The number of aromatic nitrogens is 1. The second-order valence-corrected chi connectivity index (χ2v) is 7.80. The van der Waals surface area contributed by atoms with E-state index in [2.05, 4.69) is 38.2 Å². The molecule has 0 bridgehead atoms. The zero-order valence-corrected chi connectivity index (χ0v) is 18.5. The molecule has 1 aliphatic rings. The number of carbonyl (C=O) groups excluding carboxylic acids is 1. The minimum atomic E-state index is -0.540. The van der Waals surface area contributed by atoms with Gasteiger partial charge in [-0.25, -0.2) is 4.98 Å². The van der Waals surface area contributed by atoms with Crippen molar-refractivity contribution in [2.75, 3.05) is 36.5 Å². The van der Waals surface area contributed by atoms with Crippen molar-refractivity contribution in [2.24, 2.45) is 0 Å². The number of rotatable bonds is 4. The highest BCUT2D eigenvalue weighted by molar-refractivity contribution is 14.1. The molecule has 9 nitrogen and oxygen atoms in total. The molecule has 1 fully saturated rings. The predicted octanol–water partition coefficient (Wildman–Crippen LogP) is 2.87. The molecule has 1 amide bonds. The topological polar surface area (TPSA) is 110 Å². The van der Waals surface area contributed by atoms with Crippen LogP contribution in [0.15, 0.2) is 30.3 Å². The van der Waals surface area contributed by atoms with Crippen LogP contribution in [0, 0.1) is 20.6 Å². The normalized spacial score (nSPS) is 13.7. The Morgan fingerprint density at radius 1 is 1.31 bits per heavy atom. The number of nitrogens with zero attached hydrogens (tertiary/aromatic N) is 3. The number of nitrogens with one attached hydrogen (secondary N) is 2. The van der Waals surface area contributed by atoms with Gasteiger partial charge in [-0.05, 0) is 66.0 Å². The van der Waals surface area contributed by atoms with Crippen LogP contribution in [0.1, 0.15) is 16.1 Å². The van der Waals surface area contributed by atoms with E-state index in [-0.39, 0.29) is 16.4 Å². The van der Waals surface area contributed by atoms with Gasteiger partial charge >= 0.3 is 0 Å². The van der Waals surface area contributed by atoms with E-state index in [4.69, 9.17) is 17.0 Å². The lowest BCUT2D eigenvalue weighted by Crippen LogP contribution is -2.37. The SMILES string of the molecule is Cc1nc(NC(=S)NC(=O)c2ccc(N3CCOCC3)c([N+](=O)[O-])c2)ccc1I. The van der Waals surface area contributed by atoms with Gasteiger partial charge in [0.25, 0.3) is 11.6 Å². The number of nitro groups is 1. The van der Waals surface area contributed by atoms with E-state index in [9.17, 15) is 14.9 Å². The zero-order valence-electron chi connectivity index (χ0n) is 15.5. The Hall–Kier alpha value is -2.38. The van der Waals surface area contributed by atoms with Gasteiger partial charge in [-0.3, -0.25) is 20.2 Å². The smallest absolute Gasteiger partial charge is 0.293 e. The van der Waals surface area contributed by atoms with Crippen LogP contribution in [-0.2, 0) is 4.74 Å². The molecule has 0 atom stereocenters. The zero-order chi connectivity index (χ0) is 21.0. The van der Waals surface area contributed by atoms with Crippen LogP contribution in [0.4, 0.5) is 17.2 Å². The Kier molecular flexibility index (Phi) is 6.92. The summed E-state index contributed by atoms with van der Waals surface area (Å²) in [6.45, 7) is 3.99. The van der Waals surface area contributed by atoms with Crippen molar-refractivity contribution in [1.29, 1.82) is 0 Å². The molecule has 152 valence electrons. The van der Waals surface area contributed by atoms with E-state index in [1.807, 2.05) is 17.9 Å². The number of amides is 1. The number of hydrogen-bond acceptors (Lipinski definition) is 7. The summed E-state index contributed by atoms with van der Waals surface area (Å²) in [5.74, 6) is -0.0387. The van der Waals surface area contributed by atoms with Gasteiger partial charge in [-0.1, -0.05) is 0 Å². The van der Waals surface area contributed by atoms with Crippen molar-refractivity contribution in [3.63, 3.8) is 0 Å². The van der Waals surface area contributed by atoms with E-state index in [1.54, 1.807) is 18.2 Å². The minimum absolute atomic E-state index is 0.0583. The number of nitro benzene ring substituents is 1. The van der Waals surface area contributed by atoms with Gasteiger partial charge < -0.3 is 15.0 Å². The van der Waals surface area contributed by atoms with Gasteiger partial charge in [0.1, 0.15) is 11.5 Å². The highest BCUT2D eigenvalue weighted by atomic mass is 127. The van der Waals surface area contributed by atoms with Crippen LogP contribution in [0.3, 0.4) is 0 Å². The van der Waals surface area contributed by atoms with Crippen LogP contribution < -0.4 is 15.5 Å². The van der Waals surface area contributed by atoms with Crippen molar-refractivity contribution < 1.29 is 14.5 Å². The van der Waals surface area contributed by atoms with Crippen LogP contribution >= 0.6 is 34.8 Å². The monoisotopic (exact) mass is 527 g/mol. The summed E-state index contributed by atoms with van der Waals surface area (Å²) in [5, 5.41) is 17.0. The second-order valence-electron chi connectivity index (χ2n) is 6.23. The van der Waals surface area contributed by atoms with Gasteiger partial charge in [0.05, 0.1) is 23.8 Å². The Morgan fingerprint density at radius 2 is 2.03 bits per heavy atom. The van der Waals surface area contributed by atoms with Crippen LogP contribution in [0.25, 0.3) is 0 Å². The average Bonchev–Trinajstić information content (AvgIpc) is 2.70. The molecule has 11 heteroatoms. The van der Waals surface area contributed by atoms with E-state index in [1.165, 1.54) is 6.07 Å². The first-order valence-corrected chi connectivity index (χ1v) is 10.2. The molecule has 1 saturated heterocycles. The first-order valence-electron chi connectivity index (χ1n) is 8.72.